The Morgan fingerprint density at radius 2 is 2.10 bits per heavy atom. The maximum absolute atomic E-state index is 6.08. The lowest BCUT2D eigenvalue weighted by Gasteiger charge is -2.42. The molecular weight excluding hydrogens is 260 g/mol. The molecule has 118 valence electrons. The highest BCUT2D eigenvalue weighted by atomic mass is 16.5. The topological polar surface area (TPSA) is 38.5 Å². The van der Waals surface area contributed by atoms with Gasteiger partial charge in [-0.3, -0.25) is 4.90 Å². The van der Waals surface area contributed by atoms with E-state index in [1.807, 2.05) is 0 Å². The summed E-state index contributed by atoms with van der Waals surface area (Å²) in [7, 11) is 0. The minimum atomic E-state index is 0.0613. The van der Waals surface area contributed by atoms with Crippen molar-refractivity contribution in [1.29, 1.82) is 0 Å². The van der Waals surface area contributed by atoms with Crippen LogP contribution in [0.1, 0.15) is 50.8 Å². The molecular formula is C18H30N2O. The van der Waals surface area contributed by atoms with E-state index in [0.717, 1.165) is 39.0 Å². The summed E-state index contributed by atoms with van der Waals surface area (Å²) in [4.78, 5) is 2.53. The summed E-state index contributed by atoms with van der Waals surface area (Å²) in [5.74, 6) is 0. The predicted molar refractivity (Wildman–Crippen MR) is 88.5 cm³/mol. The van der Waals surface area contributed by atoms with E-state index in [4.69, 9.17) is 10.5 Å². The molecule has 0 amide bonds. The molecule has 21 heavy (non-hydrogen) atoms. The van der Waals surface area contributed by atoms with E-state index < -0.39 is 0 Å². The van der Waals surface area contributed by atoms with E-state index in [2.05, 4.69) is 49.9 Å². The maximum atomic E-state index is 6.08. The number of benzene rings is 1. The molecule has 0 fully saturated rings. The standard InChI is InChI=1S/C18H30N2O/c1-4-11-20(18(3,5-2)14-19)13-17-16-9-7-6-8-15(16)10-12-21-17/h6-9,17H,4-5,10-14,19H2,1-3H3. The lowest BCUT2D eigenvalue weighted by atomic mass is 9.92. The van der Waals surface area contributed by atoms with Gasteiger partial charge in [0.2, 0.25) is 0 Å². The van der Waals surface area contributed by atoms with Crippen molar-refractivity contribution in [2.45, 2.75) is 51.7 Å². The number of ether oxygens (including phenoxy) is 1. The van der Waals surface area contributed by atoms with Gasteiger partial charge in [0.05, 0.1) is 12.7 Å². The van der Waals surface area contributed by atoms with Crippen LogP contribution in [-0.4, -0.2) is 36.7 Å². The molecule has 2 atom stereocenters. The molecule has 0 bridgehead atoms. The van der Waals surface area contributed by atoms with Crippen LogP contribution in [0.5, 0.6) is 0 Å². The second-order valence-electron chi connectivity index (χ2n) is 6.31. The molecule has 1 aliphatic rings. The SMILES string of the molecule is CCCN(CC1OCCc2ccccc21)C(C)(CC)CN. The highest BCUT2D eigenvalue weighted by Gasteiger charge is 2.32. The Bertz CT molecular complexity index is 443. The normalized spacial score (nSPS) is 21.1. The fourth-order valence-corrected chi connectivity index (χ4v) is 3.18. The summed E-state index contributed by atoms with van der Waals surface area (Å²) in [5, 5.41) is 0. The molecule has 1 heterocycles. The molecule has 1 aliphatic heterocycles. The first-order chi connectivity index (χ1) is 10.1. The number of nitrogens with two attached hydrogens (primary N) is 1. The minimum absolute atomic E-state index is 0.0613. The lowest BCUT2D eigenvalue weighted by molar-refractivity contribution is -0.0128. The summed E-state index contributed by atoms with van der Waals surface area (Å²) in [6.45, 7) is 10.3. The first-order valence-electron chi connectivity index (χ1n) is 8.29. The average Bonchev–Trinajstić information content (AvgIpc) is 2.54. The molecule has 0 radical (unpaired) electrons. The van der Waals surface area contributed by atoms with Gasteiger partial charge in [-0.2, -0.15) is 0 Å². The van der Waals surface area contributed by atoms with Crippen LogP contribution in [0.3, 0.4) is 0 Å². The summed E-state index contributed by atoms with van der Waals surface area (Å²) in [6, 6.07) is 8.69. The fourth-order valence-electron chi connectivity index (χ4n) is 3.18. The summed E-state index contributed by atoms with van der Waals surface area (Å²) in [6.07, 6.45) is 3.42. The van der Waals surface area contributed by atoms with Gasteiger partial charge < -0.3 is 10.5 Å². The van der Waals surface area contributed by atoms with Crippen LogP contribution >= 0.6 is 0 Å². The van der Waals surface area contributed by atoms with Crippen LogP contribution in [-0.2, 0) is 11.2 Å². The van der Waals surface area contributed by atoms with Gasteiger partial charge in [0.25, 0.3) is 0 Å². The van der Waals surface area contributed by atoms with E-state index in [-0.39, 0.29) is 11.6 Å². The molecule has 0 aliphatic carbocycles. The van der Waals surface area contributed by atoms with Crippen molar-refractivity contribution in [1.82, 2.24) is 4.90 Å². The third-order valence-corrected chi connectivity index (χ3v) is 4.94. The van der Waals surface area contributed by atoms with E-state index in [0.29, 0.717) is 6.54 Å². The van der Waals surface area contributed by atoms with Gasteiger partial charge in [0.1, 0.15) is 0 Å². The monoisotopic (exact) mass is 290 g/mol. The van der Waals surface area contributed by atoms with E-state index in [1.165, 1.54) is 11.1 Å². The Kier molecular flexibility index (Phi) is 5.80. The fraction of sp³-hybridized carbons (Fsp3) is 0.667. The number of rotatable bonds is 7. The van der Waals surface area contributed by atoms with Gasteiger partial charge in [-0.1, -0.05) is 38.1 Å². The molecule has 1 aromatic rings. The van der Waals surface area contributed by atoms with Gasteiger partial charge in [-0.25, -0.2) is 0 Å². The van der Waals surface area contributed by atoms with Crippen molar-refractivity contribution >= 4 is 0 Å². The van der Waals surface area contributed by atoms with E-state index >= 15 is 0 Å². The van der Waals surface area contributed by atoms with Gasteiger partial charge in [0.15, 0.2) is 0 Å². The average molecular weight is 290 g/mol. The molecule has 3 nitrogen and oxygen atoms in total. The highest BCUT2D eigenvalue weighted by Crippen LogP contribution is 2.30. The molecule has 2 rings (SSSR count). The van der Waals surface area contributed by atoms with Crippen LogP contribution in [0, 0.1) is 0 Å². The molecule has 0 saturated carbocycles. The zero-order chi connectivity index (χ0) is 15.3. The van der Waals surface area contributed by atoms with Gasteiger partial charge in [-0.15, -0.1) is 0 Å². The van der Waals surface area contributed by atoms with E-state index in [9.17, 15) is 0 Å². The third kappa shape index (κ3) is 3.65. The van der Waals surface area contributed by atoms with Crippen molar-refractivity contribution in [2.75, 3.05) is 26.2 Å². The largest absolute Gasteiger partial charge is 0.372 e. The number of hydrogen-bond acceptors (Lipinski definition) is 3. The van der Waals surface area contributed by atoms with Gasteiger partial charge >= 0.3 is 0 Å². The zero-order valence-corrected chi connectivity index (χ0v) is 13.8. The van der Waals surface area contributed by atoms with Crippen LogP contribution < -0.4 is 5.73 Å². The van der Waals surface area contributed by atoms with Crippen molar-refractivity contribution in [3.05, 3.63) is 35.4 Å². The smallest absolute Gasteiger partial charge is 0.0954 e. The predicted octanol–water partition coefficient (Wildman–Crippen LogP) is 3.14. The molecule has 0 spiro atoms. The van der Waals surface area contributed by atoms with Crippen molar-refractivity contribution in [2.24, 2.45) is 5.73 Å². The highest BCUT2D eigenvalue weighted by molar-refractivity contribution is 5.31. The Hall–Kier alpha value is -0.900. The Balaban J connectivity index is 2.18. The lowest BCUT2D eigenvalue weighted by Crippen LogP contribution is -2.53. The van der Waals surface area contributed by atoms with Crippen LogP contribution in [0.2, 0.25) is 0 Å². The molecule has 3 heteroatoms. The molecule has 0 aromatic heterocycles. The third-order valence-electron chi connectivity index (χ3n) is 4.94. The first-order valence-corrected chi connectivity index (χ1v) is 8.29. The minimum Gasteiger partial charge on any atom is -0.372 e. The summed E-state index contributed by atoms with van der Waals surface area (Å²) < 4.78 is 6.08. The van der Waals surface area contributed by atoms with Gasteiger partial charge in [0, 0.05) is 18.6 Å². The van der Waals surface area contributed by atoms with Crippen molar-refractivity contribution in [3.63, 3.8) is 0 Å². The second kappa shape index (κ2) is 7.39. The summed E-state index contributed by atoms with van der Waals surface area (Å²) in [5.41, 5.74) is 8.93. The number of nitrogens with zero attached hydrogens (tertiary/aromatic N) is 1. The quantitative estimate of drug-likeness (QED) is 0.838. The summed E-state index contributed by atoms with van der Waals surface area (Å²) >= 11 is 0. The Morgan fingerprint density at radius 1 is 1.33 bits per heavy atom. The number of fused-ring (bicyclic) bond motifs is 1. The van der Waals surface area contributed by atoms with E-state index in [1.54, 1.807) is 0 Å². The molecule has 0 saturated heterocycles. The first kappa shape index (κ1) is 16.5. The Morgan fingerprint density at radius 3 is 2.76 bits per heavy atom. The molecule has 2 N–H and O–H groups in total. The van der Waals surface area contributed by atoms with Crippen molar-refractivity contribution < 1.29 is 4.74 Å². The van der Waals surface area contributed by atoms with Gasteiger partial charge in [-0.05, 0) is 43.9 Å². The Labute approximate surface area is 129 Å². The molecule has 2 unspecified atom stereocenters. The van der Waals surface area contributed by atoms with Crippen molar-refractivity contribution in [3.8, 4) is 0 Å². The number of hydrogen-bond donors (Lipinski definition) is 1. The molecule has 1 aromatic carbocycles. The van der Waals surface area contributed by atoms with Crippen LogP contribution in [0.25, 0.3) is 0 Å². The maximum Gasteiger partial charge on any atom is 0.0954 e. The van der Waals surface area contributed by atoms with Crippen LogP contribution in [0.4, 0.5) is 0 Å². The van der Waals surface area contributed by atoms with Crippen LogP contribution in [0.15, 0.2) is 24.3 Å². The zero-order valence-electron chi connectivity index (χ0n) is 13.8. The second-order valence-corrected chi connectivity index (χ2v) is 6.31.